The molecule has 3 aromatic rings. The van der Waals surface area contributed by atoms with E-state index >= 15 is 0 Å². The molecule has 0 saturated carbocycles. The number of hydrogen-bond acceptors (Lipinski definition) is 1. The van der Waals surface area contributed by atoms with E-state index in [2.05, 4.69) is 90.4 Å². The number of benzene rings is 2. The normalized spacial score (nSPS) is 10.6. The van der Waals surface area contributed by atoms with Crippen LogP contribution in [0.1, 0.15) is 11.3 Å². The van der Waals surface area contributed by atoms with Crippen LogP contribution >= 0.6 is 15.9 Å². The van der Waals surface area contributed by atoms with E-state index < -0.39 is 0 Å². The van der Waals surface area contributed by atoms with Gasteiger partial charge in [0.15, 0.2) is 0 Å². The number of pyridine rings is 1. The van der Waals surface area contributed by atoms with Crippen molar-refractivity contribution >= 4 is 15.9 Å². The molecule has 3 rings (SSSR count). The summed E-state index contributed by atoms with van der Waals surface area (Å²) in [6.07, 6.45) is 0. The lowest BCUT2D eigenvalue weighted by Crippen LogP contribution is -1.91. The van der Waals surface area contributed by atoms with Crippen molar-refractivity contribution in [2.24, 2.45) is 0 Å². The van der Waals surface area contributed by atoms with E-state index in [-0.39, 0.29) is 0 Å². The van der Waals surface area contributed by atoms with E-state index in [4.69, 9.17) is 4.98 Å². The lowest BCUT2D eigenvalue weighted by atomic mass is 10.0. The van der Waals surface area contributed by atoms with Gasteiger partial charge in [-0.15, -0.1) is 0 Å². The molecule has 21 heavy (non-hydrogen) atoms. The molecule has 0 bridgehead atoms. The summed E-state index contributed by atoms with van der Waals surface area (Å²) in [6.45, 7) is 4.16. The van der Waals surface area contributed by atoms with Gasteiger partial charge in [-0.25, -0.2) is 0 Å². The second kappa shape index (κ2) is 5.82. The monoisotopic (exact) mass is 337 g/mol. The van der Waals surface area contributed by atoms with Crippen LogP contribution in [-0.4, -0.2) is 4.98 Å². The first-order valence-corrected chi connectivity index (χ1v) is 7.73. The molecule has 0 N–H and O–H groups in total. The quantitative estimate of drug-likeness (QED) is 0.576. The molecule has 0 unspecified atom stereocenters. The molecule has 1 aromatic heterocycles. The maximum atomic E-state index is 4.76. The molecule has 2 aromatic carbocycles. The Bertz CT molecular complexity index is 759. The fourth-order valence-electron chi connectivity index (χ4n) is 2.38. The molecule has 0 atom stereocenters. The van der Waals surface area contributed by atoms with Crippen molar-refractivity contribution in [3.63, 3.8) is 0 Å². The number of rotatable bonds is 2. The third kappa shape index (κ3) is 3.06. The molecule has 0 aliphatic heterocycles. The fraction of sp³-hybridized carbons (Fsp3) is 0.105. The molecule has 2 heteroatoms. The second-order valence-corrected chi connectivity index (χ2v) is 6.12. The topological polar surface area (TPSA) is 12.9 Å². The first-order valence-electron chi connectivity index (χ1n) is 6.94. The Morgan fingerprint density at radius 3 is 1.95 bits per heavy atom. The first kappa shape index (κ1) is 14.0. The third-order valence-corrected chi connectivity index (χ3v) is 4.12. The van der Waals surface area contributed by atoms with Gasteiger partial charge in [0.1, 0.15) is 0 Å². The smallest absolute Gasteiger partial charge is 0.0705 e. The Hall–Kier alpha value is -1.93. The van der Waals surface area contributed by atoms with Crippen LogP contribution in [-0.2, 0) is 0 Å². The van der Waals surface area contributed by atoms with E-state index in [1.165, 1.54) is 16.7 Å². The van der Waals surface area contributed by atoms with Crippen LogP contribution in [0.15, 0.2) is 65.1 Å². The maximum absolute atomic E-state index is 4.76. The van der Waals surface area contributed by atoms with Gasteiger partial charge < -0.3 is 0 Å². The molecule has 104 valence electrons. The summed E-state index contributed by atoms with van der Waals surface area (Å²) in [5, 5.41) is 0. The van der Waals surface area contributed by atoms with Gasteiger partial charge in [-0.1, -0.05) is 64.0 Å². The Kier molecular flexibility index (Phi) is 3.89. The summed E-state index contributed by atoms with van der Waals surface area (Å²) in [7, 11) is 0. The van der Waals surface area contributed by atoms with Crippen LogP contribution < -0.4 is 0 Å². The summed E-state index contributed by atoms with van der Waals surface area (Å²) in [6, 6.07) is 21.1. The predicted octanol–water partition coefficient (Wildman–Crippen LogP) is 5.79. The number of nitrogens with zero attached hydrogens (tertiary/aromatic N) is 1. The van der Waals surface area contributed by atoms with Gasteiger partial charge in [-0.2, -0.15) is 0 Å². The third-order valence-electron chi connectivity index (χ3n) is 3.59. The van der Waals surface area contributed by atoms with Crippen molar-refractivity contribution in [3.05, 3.63) is 76.4 Å². The highest BCUT2D eigenvalue weighted by molar-refractivity contribution is 9.10. The molecule has 1 nitrogen and oxygen atoms in total. The Labute approximate surface area is 133 Å². The standard InChI is InChI=1S/C19H16BrN/c1-13-3-5-16(6-4-13)19-12-11-18(14(2)21-19)15-7-9-17(20)10-8-15/h3-12H,1-2H3. The highest BCUT2D eigenvalue weighted by atomic mass is 79.9. The van der Waals surface area contributed by atoms with E-state index in [0.717, 1.165) is 21.4 Å². The summed E-state index contributed by atoms with van der Waals surface area (Å²) >= 11 is 3.47. The van der Waals surface area contributed by atoms with E-state index in [1.54, 1.807) is 0 Å². The van der Waals surface area contributed by atoms with Gasteiger partial charge >= 0.3 is 0 Å². The summed E-state index contributed by atoms with van der Waals surface area (Å²) in [5.74, 6) is 0. The zero-order chi connectivity index (χ0) is 14.8. The molecular weight excluding hydrogens is 322 g/mol. The second-order valence-electron chi connectivity index (χ2n) is 5.20. The summed E-state index contributed by atoms with van der Waals surface area (Å²) in [5.41, 5.74) is 6.87. The Morgan fingerprint density at radius 1 is 0.714 bits per heavy atom. The molecule has 0 amide bonds. The molecule has 1 heterocycles. The number of hydrogen-bond donors (Lipinski definition) is 0. The van der Waals surface area contributed by atoms with Crippen molar-refractivity contribution in [1.29, 1.82) is 0 Å². The fourth-order valence-corrected chi connectivity index (χ4v) is 2.65. The number of aryl methyl sites for hydroxylation is 2. The minimum atomic E-state index is 1.02. The van der Waals surface area contributed by atoms with Crippen LogP contribution in [0.3, 0.4) is 0 Å². The molecule has 0 saturated heterocycles. The number of aromatic nitrogens is 1. The van der Waals surface area contributed by atoms with Gasteiger partial charge in [-0.05, 0) is 37.6 Å². The molecular formula is C19H16BrN. The van der Waals surface area contributed by atoms with Gasteiger partial charge in [0.2, 0.25) is 0 Å². The molecule has 0 radical (unpaired) electrons. The molecule has 0 aliphatic rings. The van der Waals surface area contributed by atoms with Crippen LogP contribution in [0.5, 0.6) is 0 Å². The first-order chi connectivity index (χ1) is 10.1. The van der Waals surface area contributed by atoms with Crippen molar-refractivity contribution in [1.82, 2.24) is 4.98 Å². The van der Waals surface area contributed by atoms with Crippen LogP contribution in [0.2, 0.25) is 0 Å². The van der Waals surface area contributed by atoms with E-state index in [9.17, 15) is 0 Å². The average Bonchev–Trinajstić information content (AvgIpc) is 2.49. The SMILES string of the molecule is Cc1ccc(-c2ccc(-c3ccc(Br)cc3)c(C)n2)cc1. The van der Waals surface area contributed by atoms with Gasteiger partial charge in [0.05, 0.1) is 5.69 Å². The van der Waals surface area contributed by atoms with Crippen molar-refractivity contribution in [2.45, 2.75) is 13.8 Å². The van der Waals surface area contributed by atoms with Gasteiger partial charge in [-0.3, -0.25) is 4.98 Å². The van der Waals surface area contributed by atoms with Crippen molar-refractivity contribution in [2.75, 3.05) is 0 Å². The minimum absolute atomic E-state index is 1.02. The zero-order valence-electron chi connectivity index (χ0n) is 12.1. The Balaban J connectivity index is 1.99. The minimum Gasteiger partial charge on any atom is -0.252 e. The summed E-state index contributed by atoms with van der Waals surface area (Å²) in [4.78, 5) is 4.76. The van der Waals surface area contributed by atoms with Gasteiger partial charge in [0.25, 0.3) is 0 Å². The number of halogens is 1. The van der Waals surface area contributed by atoms with Crippen LogP contribution in [0.4, 0.5) is 0 Å². The lowest BCUT2D eigenvalue weighted by Gasteiger charge is -2.09. The lowest BCUT2D eigenvalue weighted by molar-refractivity contribution is 1.21. The molecule has 0 fully saturated rings. The van der Waals surface area contributed by atoms with Crippen LogP contribution in [0, 0.1) is 13.8 Å². The highest BCUT2D eigenvalue weighted by Crippen LogP contribution is 2.27. The Morgan fingerprint density at radius 2 is 1.33 bits per heavy atom. The maximum Gasteiger partial charge on any atom is 0.0705 e. The largest absolute Gasteiger partial charge is 0.252 e. The highest BCUT2D eigenvalue weighted by Gasteiger charge is 2.06. The van der Waals surface area contributed by atoms with Crippen LogP contribution in [0.25, 0.3) is 22.4 Å². The predicted molar refractivity (Wildman–Crippen MR) is 92.3 cm³/mol. The van der Waals surface area contributed by atoms with Crippen molar-refractivity contribution in [3.8, 4) is 22.4 Å². The van der Waals surface area contributed by atoms with E-state index in [0.29, 0.717) is 0 Å². The van der Waals surface area contributed by atoms with Crippen molar-refractivity contribution < 1.29 is 0 Å². The molecule has 0 aliphatic carbocycles. The summed E-state index contributed by atoms with van der Waals surface area (Å²) < 4.78 is 1.09. The molecule has 0 spiro atoms. The average molecular weight is 338 g/mol. The zero-order valence-corrected chi connectivity index (χ0v) is 13.7. The van der Waals surface area contributed by atoms with E-state index in [1.807, 2.05) is 0 Å². The van der Waals surface area contributed by atoms with Gasteiger partial charge in [0, 0.05) is 21.3 Å².